The number of fused-ring (bicyclic) bond motifs is 2. The van der Waals surface area contributed by atoms with Gasteiger partial charge in [-0.2, -0.15) is 35.1 Å². The first-order valence-electron chi connectivity index (χ1n) is 8.99. The topological polar surface area (TPSA) is 72.8 Å². The lowest BCUT2D eigenvalue weighted by atomic mass is 9.90. The molecule has 5 unspecified atom stereocenters. The largest absolute Gasteiger partial charge is 0.465 e. The molecule has 184 valence electrons. The fourth-order valence-corrected chi connectivity index (χ4v) is 3.59. The van der Waals surface area contributed by atoms with Crippen molar-refractivity contribution in [2.45, 2.75) is 55.7 Å². The van der Waals surface area contributed by atoms with E-state index in [4.69, 9.17) is 5.11 Å². The first-order chi connectivity index (χ1) is 14.4. The Hall–Kier alpha value is -2.06. The Kier molecular flexibility index (Phi) is 7.13. The van der Waals surface area contributed by atoms with Gasteiger partial charge >= 0.3 is 30.2 Å². The minimum atomic E-state index is -6.93. The minimum Gasteiger partial charge on any atom is -0.465 e. The summed E-state index contributed by atoms with van der Waals surface area (Å²) in [6, 6.07) is 0. The van der Waals surface area contributed by atoms with Crippen molar-refractivity contribution in [3.8, 4) is 0 Å². The fraction of sp³-hybridized carbons (Fsp3) is 0.765. The second kappa shape index (κ2) is 8.71. The molecule has 15 heteroatoms. The number of carbonyl (C=O) groups excluding carboxylic acids is 2. The van der Waals surface area contributed by atoms with E-state index in [-0.39, 0.29) is 11.8 Å². The molecule has 2 aliphatic carbocycles. The molecule has 0 aromatic heterocycles. The lowest BCUT2D eigenvalue weighted by Crippen LogP contribution is -2.70. The molecule has 0 aliphatic heterocycles. The van der Waals surface area contributed by atoms with E-state index in [0.29, 0.717) is 12.8 Å². The van der Waals surface area contributed by atoms with Crippen molar-refractivity contribution < 1.29 is 68.1 Å². The summed E-state index contributed by atoms with van der Waals surface area (Å²) in [5.74, 6) is -10.3. The third-order valence-electron chi connectivity index (χ3n) is 5.26. The highest BCUT2D eigenvalue weighted by molar-refractivity contribution is 5.75. The summed E-state index contributed by atoms with van der Waals surface area (Å²) in [6.07, 6.45) is -20.4. The quantitative estimate of drug-likeness (QED) is 0.319. The van der Waals surface area contributed by atoms with Gasteiger partial charge in [0.05, 0.1) is 12.3 Å². The van der Waals surface area contributed by atoms with Gasteiger partial charge in [-0.1, -0.05) is 12.2 Å². The van der Waals surface area contributed by atoms with Crippen LogP contribution in [0.15, 0.2) is 12.2 Å². The maximum Gasteiger partial charge on any atom is 0.431 e. The smallest absolute Gasteiger partial charge is 0.431 e. The zero-order valence-corrected chi connectivity index (χ0v) is 15.7. The molecule has 32 heavy (non-hydrogen) atoms. The summed E-state index contributed by atoms with van der Waals surface area (Å²) in [5.41, 5.74) is -6.47. The van der Waals surface area contributed by atoms with Gasteiger partial charge in [0.1, 0.15) is 6.61 Å². The molecule has 2 bridgehead atoms. The van der Waals surface area contributed by atoms with Crippen molar-refractivity contribution in [3.63, 3.8) is 0 Å². The van der Waals surface area contributed by atoms with E-state index in [1.807, 2.05) is 6.08 Å². The molecule has 5 atom stereocenters. The second-order valence-electron chi connectivity index (χ2n) is 7.40. The number of carbonyl (C=O) groups is 2. The summed E-state index contributed by atoms with van der Waals surface area (Å²) >= 11 is 0. The van der Waals surface area contributed by atoms with Crippen molar-refractivity contribution in [2.75, 3.05) is 6.61 Å². The van der Waals surface area contributed by atoms with E-state index in [2.05, 4.69) is 9.47 Å². The van der Waals surface area contributed by atoms with E-state index < -0.39 is 67.3 Å². The Balaban J connectivity index is 2.06. The highest BCUT2D eigenvalue weighted by Gasteiger charge is 2.81. The predicted octanol–water partition coefficient (Wildman–Crippen LogP) is 3.80. The summed E-state index contributed by atoms with van der Waals surface area (Å²) in [4.78, 5) is 23.4. The highest BCUT2D eigenvalue weighted by atomic mass is 19.4. The van der Waals surface area contributed by atoms with Crippen LogP contribution in [-0.2, 0) is 19.1 Å². The number of hydrogen-bond donors (Lipinski definition) is 1. The minimum absolute atomic E-state index is 0.137. The van der Waals surface area contributed by atoms with E-state index in [1.54, 1.807) is 6.08 Å². The third-order valence-corrected chi connectivity index (χ3v) is 5.26. The fourth-order valence-electron chi connectivity index (χ4n) is 3.59. The number of alkyl halides is 10. The summed E-state index contributed by atoms with van der Waals surface area (Å²) in [5, 5.41) is 8.83. The normalized spacial score (nSPS) is 26.2. The lowest BCUT2D eigenvalue weighted by Gasteiger charge is -2.40. The molecule has 2 aliphatic rings. The van der Waals surface area contributed by atoms with Gasteiger partial charge in [-0.25, -0.2) is 8.78 Å². The lowest BCUT2D eigenvalue weighted by molar-refractivity contribution is -0.401. The van der Waals surface area contributed by atoms with Crippen LogP contribution in [0.3, 0.4) is 0 Å². The van der Waals surface area contributed by atoms with Crippen LogP contribution < -0.4 is 0 Å². The van der Waals surface area contributed by atoms with Crippen molar-refractivity contribution in [2.24, 2.45) is 17.8 Å². The first kappa shape index (κ1) is 26.2. The predicted molar refractivity (Wildman–Crippen MR) is 82.3 cm³/mol. The van der Waals surface area contributed by atoms with Gasteiger partial charge in [-0.15, -0.1) is 0 Å². The van der Waals surface area contributed by atoms with Gasteiger partial charge < -0.3 is 14.6 Å². The van der Waals surface area contributed by atoms with Crippen molar-refractivity contribution in [1.82, 2.24) is 0 Å². The van der Waals surface area contributed by atoms with Crippen LogP contribution in [0.5, 0.6) is 0 Å². The van der Waals surface area contributed by atoms with Gasteiger partial charge in [0.15, 0.2) is 0 Å². The average molecular weight is 490 g/mol. The molecule has 0 aromatic carbocycles. The van der Waals surface area contributed by atoms with Crippen LogP contribution in [0, 0.1) is 17.8 Å². The molecule has 1 N–H and O–H groups in total. The van der Waals surface area contributed by atoms with E-state index in [0.717, 1.165) is 0 Å². The monoisotopic (exact) mass is 490 g/mol. The second-order valence-corrected chi connectivity index (χ2v) is 7.40. The van der Waals surface area contributed by atoms with Gasteiger partial charge in [0.2, 0.25) is 0 Å². The molecule has 0 amide bonds. The number of aliphatic hydroxyl groups is 1. The van der Waals surface area contributed by atoms with Crippen LogP contribution in [-0.4, -0.2) is 60.1 Å². The standard InChI is InChI=1S/C17H16F10O5/c18-13(19)14(30,17(25,26)27)15(20,21)12(16(22,23)24)32-10(28)3-4-31-11(29)9-6-7-1-2-8(9)5-7/h1-2,7-9,12-13,30H,3-6H2. The summed E-state index contributed by atoms with van der Waals surface area (Å²) in [6.45, 7) is -0.955. The molecule has 0 aromatic rings. The maximum atomic E-state index is 13.9. The van der Waals surface area contributed by atoms with Crippen LogP contribution in [0.25, 0.3) is 0 Å². The molecule has 0 spiro atoms. The van der Waals surface area contributed by atoms with E-state index in [1.165, 1.54) is 0 Å². The van der Waals surface area contributed by atoms with E-state index >= 15 is 0 Å². The molecule has 5 nitrogen and oxygen atoms in total. The average Bonchev–Trinajstić information content (AvgIpc) is 3.26. The van der Waals surface area contributed by atoms with Crippen molar-refractivity contribution in [1.29, 1.82) is 0 Å². The first-order valence-corrected chi connectivity index (χ1v) is 8.99. The molecule has 1 fully saturated rings. The Morgan fingerprint density at radius 1 is 1.00 bits per heavy atom. The van der Waals surface area contributed by atoms with Gasteiger partial charge in [-0.05, 0) is 24.7 Å². The molecule has 0 heterocycles. The molecule has 2 rings (SSSR count). The third kappa shape index (κ3) is 4.81. The molecular formula is C17H16F10O5. The van der Waals surface area contributed by atoms with Crippen LogP contribution >= 0.6 is 0 Å². The van der Waals surface area contributed by atoms with Crippen LogP contribution in [0.4, 0.5) is 43.9 Å². The van der Waals surface area contributed by atoms with Gasteiger partial charge in [0, 0.05) is 0 Å². The SMILES string of the molecule is O=C(CCOC(=O)C1CC2C=CC1C2)OC(C(F)(F)F)C(F)(F)C(O)(C(F)F)C(F)(F)F. The van der Waals surface area contributed by atoms with Gasteiger partial charge in [0.25, 0.3) is 18.1 Å². The summed E-state index contributed by atoms with van der Waals surface area (Å²) in [7, 11) is 0. The zero-order chi connectivity index (χ0) is 24.7. The Morgan fingerprint density at radius 3 is 2.00 bits per heavy atom. The number of hydrogen-bond acceptors (Lipinski definition) is 5. The van der Waals surface area contributed by atoms with Gasteiger partial charge in [-0.3, -0.25) is 9.59 Å². The molecule has 1 saturated carbocycles. The van der Waals surface area contributed by atoms with Crippen LogP contribution in [0.1, 0.15) is 19.3 Å². The molecular weight excluding hydrogens is 474 g/mol. The van der Waals surface area contributed by atoms with Crippen molar-refractivity contribution in [3.05, 3.63) is 12.2 Å². The molecule has 0 radical (unpaired) electrons. The number of allylic oxidation sites excluding steroid dienone is 2. The number of esters is 2. The number of rotatable bonds is 8. The zero-order valence-electron chi connectivity index (χ0n) is 15.7. The Bertz CT molecular complexity index is 747. The maximum absolute atomic E-state index is 13.9. The highest BCUT2D eigenvalue weighted by Crippen LogP contribution is 2.51. The Morgan fingerprint density at radius 2 is 1.59 bits per heavy atom. The molecule has 0 saturated heterocycles. The van der Waals surface area contributed by atoms with E-state index in [9.17, 15) is 53.5 Å². The Labute approximate surface area is 173 Å². The summed E-state index contributed by atoms with van der Waals surface area (Å²) < 4.78 is 138. The van der Waals surface area contributed by atoms with Crippen LogP contribution in [0.2, 0.25) is 0 Å². The number of ether oxygens (including phenoxy) is 2. The number of halogens is 10. The van der Waals surface area contributed by atoms with Crippen molar-refractivity contribution >= 4 is 11.9 Å².